The molecule has 0 bridgehead atoms. The van der Waals surface area contributed by atoms with E-state index >= 15 is 0 Å². The Morgan fingerprint density at radius 3 is 1.16 bits per heavy atom. The van der Waals surface area contributed by atoms with Crippen LogP contribution in [0.5, 0.6) is 0 Å². The Morgan fingerprint density at radius 2 is 0.838 bits per heavy atom. The molecule has 0 spiro atoms. The Morgan fingerprint density at radius 1 is 0.541 bits per heavy atom. The summed E-state index contributed by atoms with van der Waals surface area (Å²) in [6.07, 6.45) is -6.87. The van der Waals surface area contributed by atoms with Gasteiger partial charge in [-0.3, -0.25) is 0 Å². The summed E-state index contributed by atoms with van der Waals surface area (Å²) in [5.41, 5.74) is -0.307. The van der Waals surface area contributed by atoms with Crippen LogP contribution < -0.4 is 0 Å². The summed E-state index contributed by atoms with van der Waals surface area (Å²) in [7, 11) is 0. The van der Waals surface area contributed by atoms with Gasteiger partial charge in [0, 0.05) is 27.9 Å². The molecule has 4 unspecified atom stereocenters. The van der Waals surface area contributed by atoms with Crippen molar-refractivity contribution >= 4 is 29.8 Å². The number of hydrogen-bond donors (Lipinski definition) is 1. The highest BCUT2D eigenvalue weighted by molar-refractivity contribution is 5.89. The highest BCUT2D eigenvalue weighted by Crippen LogP contribution is 2.23. The van der Waals surface area contributed by atoms with Gasteiger partial charge in [-0.05, 0) is 34.6 Å². The fourth-order valence-electron chi connectivity index (χ4n) is 2.32. The van der Waals surface area contributed by atoms with E-state index in [0.717, 1.165) is 0 Å². The first-order chi connectivity index (χ1) is 17.0. The van der Waals surface area contributed by atoms with Crippen molar-refractivity contribution in [2.45, 2.75) is 59.0 Å². The lowest BCUT2D eigenvalue weighted by atomic mass is 10.0. The van der Waals surface area contributed by atoms with Crippen molar-refractivity contribution in [2.75, 3.05) is 13.2 Å². The Hall–Kier alpha value is -3.99. The van der Waals surface area contributed by atoms with Crippen molar-refractivity contribution in [2.24, 2.45) is 0 Å². The summed E-state index contributed by atoms with van der Waals surface area (Å²) < 4.78 is 26.5. The van der Waals surface area contributed by atoms with Gasteiger partial charge in [0.1, 0.15) is 6.61 Å². The first-order valence-corrected chi connectivity index (χ1v) is 10.9. The molecule has 0 rings (SSSR count). The van der Waals surface area contributed by atoms with Crippen molar-refractivity contribution < 1.29 is 52.8 Å². The largest absolute Gasteiger partial charge is 0.458 e. The van der Waals surface area contributed by atoms with Crippen LogP contribution in [0.4, 0.5) is 0 Å². The quantitative estimate of drug-likeness (QED) is 0.191. The molecule has 4 atom stereocenters. The molecule has 0 fully saturated rings. The molecule has 0 aliphatic carbocycles. The third-order valence-electron chi connectivity index (χ3n) is 4.36. The highest BCUT2D eigenvalue weighted by Gasteiger charge is 2.45. The fourth-order valence-corrected chi connectivity index (χ4v) is 2.32. The van der Waals surface area contributed by atoms with Gasteiger partial charge in [-0.25, -0.2) is 24.0 Å². The van der Waals surface area contributed by atoms with E-state index in [0.29, 0.717) is 0 Å². The number of ether oxygens (including phenoxy) is 5. The van der Waals surface area contributed by atoms with Gasteiger partial charge < -0.3 is 28.8 Å². The lowest BCUT2D eigenvalue weighted by Gasteiger charge is -2.35. The lowest BCUT2D eigenvalue weighted by Crippen LogP contribution is -2.54. The van der Waals surface area contributed by atoms with E-state index in [4.69, 9.17) is 23.7 Å². The summed E-state index contributed by atoms with van der Waals surface area (Å²) in [6, 6.07) is 0. The zero-order chi connectivity index (χ0) is 29.0. The van der Waals surface area contributed by atoms with E-state index in [2.05, 4.69) is 32.9 Å². The van der Waals surface area contributed by atoms with Crippen molar-refractivity contribution in [3.05, 3.63) is 60.8 Å². The van der Waals surface area contributed by atoms with Gasteiger partial charge >= 0.3 is 29.8 Å². The summed E-state index contributed by atoms with van der Waals surface area (Å²) in [5, 5.41) is 10.0. The van der Waals surface area contributed by atoms with Gasteiger partial charge in [-0.2, -0.15) is 0 Å². The highest BCUT2D eigenvalue weighted by atomic mass is 16.6. The number of aliphatic hydroxyl groups excluding tert-OH is 1. The molecule has 0 aromatic rings. The number of carbonyl (C=O) groups is 5. The molecule has 0 heterocycles. The number of carbonyl (C=O) groups excluding carboxylic acids is 5. The molecule has 0 saturated carbocycles. The third kappa shape index (κ3) is 11.1. The van der Waals surface area contributed by atoms with E-state index < -0.39 is 67.5 Å². The maximum absolute atomic E-state index is 12.5. The number of rotatable bonds is 15. The van der Waals surface area contributed by atoms with Crippen molar-refractivity contribution in [1.29, 1.82) is 0 Å². The van der Waals surface area contributed by atoms with E-state index in [1.54, 1.807) is 0 Å². The zero-order valence-electron chi connectivity index (χ0n) is 21.8. The first kappa shape index (κ1) is 33.0. The van der Waals surface area contributed by atoms with Crippen LogP contribution in [-0.2, 0) is 47.7 Å². The van der Waals surface area contributed by atoms with Gasteiger partial charge in [0.25, 0.3) is 0 Å². The van der Waals surface area contributed by atoms with Crippen molar-refractivity contribution in [3.8, 4) is 0 Å². The molecule has 11 nitrogen and oxygen atoms in total. The van der Waals surface area contributed by atoms with E-state index in [1.165, 1.54) is 34.6 Å². The summed E-state index contributed by atoms with van der Waals surface area (Å²) in [4.78, 5) is 61.7. The number of esters is 5. The fraction of sp³-hybridized carbons (Fsp3) is 0.423. The maximum atomic E-state index is 12.5. The predicted octanol–water partition coefficient (Wildman–Crippen LogP) is 2.05. The van der Waals surface area contributed by atoms with Crippen LogP contribution in [0, 0.1) is 0 Å². The van der Waals surface area contributed by atoms with Crippen LogP contribution in [0.1, 0.15) is 34.6 Å². The Bertz CT molecular complexity index is 988. The zero-order valence-corrected chi connectivity index (χ0v) is 21.8. The Kier molecular flexibility index (Phi) is 13.6. The van der Waals surface area contributed by atoms with Gasteiger partial charge in [0.2, 0.25) is 0 Å². The molecule has 0 aliphatic rings. The summed E-state index contributed by atoms with van der Waals surface area (Å²) in [6.45, 7) is 22.3. The minimum Gasteiger partial charge on any atom is -0.458 e. The van der Waals surface area contributed by atoms with Gasteiger partial charge in [0.05, 0.1) is 6.61 Å². The smallest absolute Gasteiger partial charge is 0.333 e. The molecule has 0 aromatic heterocycles. The monoisotopic (exact) mass is 522 g/mol. The Balaban J connectivity index is 6.85. The second-order valence-electron chi connectivity index (χ2n) is 8.31. The van der Waals surface area contributed by atoms with Gasteiger partial charge in [-0.1, -0.05) is 32.9 Å². The summed E-state index contributed by atoms with van der Waals surface area (Å²) >= 11 is 0. The van der Waals surface area contributed by atoms with Gasteiger partial charge in [-0.15, -0.1) is 0 Å². The average molecular weight is 523 g/mol. The van der Waals surface area contributed by atoms with E-state index in [1.807, 2.05) is 0 Å². The molecule has 37 heavy (non-hydrogen) atoms. The molecule has 0 saturated heterocycles. The molecule has 11 heteroatoms. The maximum Gasteiger partial charge on any atom is 0.333 e. The third-order valence-corrected chi connectivity index (χ3v) is 4.36. The Labute approximate surface area is 216 Å². The molecule has 0 amide bonds. The van der Waals surface area contributed by atoms with Crippen LogP contribution in [-0.4, -0.2) is 72.6 Å². The minimum atomic E-state index is -1.79. The lowest BCUT2D eigenvalue weighted by molar-refractivity contribution is -0.202. The molecular weight excluding hydrogens is 488 g/mol. The normalized spacial score (nSPS) is 13.5. The first-order valence-electron chi connectivity index (χ1n) is 10.9. The molecule has 0 aliphatic heterocycles. The van der Waals surface area contributed by atoms with Crippen LogP contribution in [0.25, 0.3) is 0 Å². The SMILES string of the molecule is C=C(C)C(=O)OCC(OC(=O)C(=C)C)C(OC(=O)C(=C)C)C(OC(=O)C(=C)C)C(CO)OC(=O)C(=C)C. The molecule has 1 N–H and O–H groups in total. The van der Waals surface area contributed by atoms with Crippen molar-refractivity contribution in [3.63, 3.8) is 0 Å². The number of aliphatic hydroxyl groups is 1. The molecule has 0 radical (unpaired) electrons. The second-order valence-corrected chi connectivity index (χ2v) is 8.31. The standard InChI is InChI=1S/C26H34O11/c1-13(2)22(28)33-12-19(35-24(30)15(5)6)21(37-26(32)17(9)10)20(36-25(31)16(7)8)18(11-27)34-23(29)14(3)4/h18-21,27H,1,3,5,7,9,11-12H2,2,4,6,8,10H3. The minimum absolute atomic E-state index is 0.00865. The number of hydrogen-bond acceptors (Lipinski definition) is 11. The molecule has 0 aromatic carbocycles. The van der Waals surface area contributed by atoms with E-state index in [9.17, 15) is 29.1 Å². The molecular formula is C26H34O11. The summed E-state index contributed by atoms with van der Waals surface area (Å²) in [5.74, 6) is -4.85. The van der Waals surface area contributed by atoms with Crippen LogP contribution in [0.15, 0.2) is 60.8 Å². The second kappa shape index (κ2) is 15.2. The van der Waals surface area contributed by atoms with Gasteiger partial charge in [0.15, 0.2) is 24.4 Å². The van der Waals surface area contributed by atoms with Crippen molar-refractivity contribution in [1.82, 2.24) is 0 Å². The van der Waals surface area contributed by atoms with Crippen LogP contribution >= 0.6 is 0 Å². The van der Waals surface area contributed by atoms with Crippen LogP contribution in [0.3, 0.4) is 0 Å². The molecule has 204 valence electrons. The topological polar surface area (TPSA) is 152 Å². The average Bonchev–Trinajstić information content (AvgIpc) is 2.81. The van der Waals surface area contributed by atoms with E-state index in [-0.39, 0.29) is 27.9 Å². The predicted molar refractivity (Wildman–Crippen MR) is 132 cm³/mol. The van der Waals surface area contributed by atoms with Crippen LogP contribution in [0.2, 0.25) is 0 Å².